The number of esters is 1. The summed E-state index contributed by atoms with van der Waals surface area (Å²) in [6.45, 7) is 0. The minimum Gasteiger partial charge on any atom is -0.464 e. The smallest absolute Gasteiger partial charge is 0.358 e. The van der Waals surface area contributed by atoms with Crippen LogP contribution in [0.5, 0.6) is 0 Å². The fourth-order valence-electron chi connectivity index (χ4n) is 2.86. The first kappa shape index (κ1) is 16.9. The summed E-state index contributed by atoms with van der Waals surface area (Å²) in [4.78, 5) is 15.5. The van der Waals surface area contributed by atoms with Gasteiger partial charge in [-0.3, -0.25) is 0 Å². The number of hydrogen-bond acceptors (Lipinski definition) is 7. The Balaban J connectivity index is 1.92. The third-order valence-corrected chi connectivity index (χ3v) is 6.78. The molecule has 1 aliphatic carbocycles. The van der Waals surface area contributed by atoms with E-state index in [9.17, 15) is 13.2 Å². The number of aromatic nitrogens is 1. The Bertz CT molecular complexity index is 877. The summed E-state index contributed by atoms with van der Waals surface area (Å²) in [5.41, 5.74) is 9.56. The second-order valence-corrected chi connectivity index (χ2v) is 8.27. The predicted molar refractivity (Wildman–Crippen MR) is 90.3 cm³/mol. The number of ether oxygens (including phenoxy) is 1. The van der Waals surface area contributed by atoms with Gasteiger partial charge in [0.25, 0.3) is 10.0 Å². The zero-order valence-corrected chi connectivity index (χ0v) is 14.6. The van der Waals surface area contributed by atoms with Crippen molar-refractivity contribution in [2.45, 2.75) is 29.5 Å². The summed E-state index contributed by atoms with van der Waals surface area (Å²) >= 11 is 0.890. The topological polar surface area (TPSA) is 111 Å². The minimum absolute atomic E-state index is 0.128. The van der Waals surface area contributed by atoms with Gasteiger partial charge in [-0.1, -0.05) is 6.07 Å². The lowest BCUT2D eigenvalue weighted by molar-refractivity contribution is 0.0590. The average molecular weight is 367 g/mol. The molecule has 2 aromatic rings. The van der Waals surface area contributed by atoms with Gasteiger partial charge in [0.1, 0.15) is 0 Å². The van der Waals surface area contributed by atoms with Crippen LogP contribution in [0.2, 0.25) is 0 Å². The van der Waals surface area contributed by atoms with Crippen LogP contribution in [-0.4, -0.2) is 26.5 Å². The number of thiazole rings is 1. The first-order chi connectivity index (χ1) is 11.4. The van der Waals surface area contributed by atoms with Gasteiger partial charge in [-0.15, -0.1) is 11.3 Å². The molecule has 0 radical (unpaired) electrons. The largest absolute Gasteiger partial charge is 0.464 e. The maximum atomic E-state index is 12.7. The van der Waals surface area contributed by atoms with Crippen molar-refractivity contribution in [2.24, 2.45) is 0 Å². The van der Waals surface area contributed by atoms with E-state index in [0.29, 0.717) is 12.1 Å². The highest BCUT2D eigenvalue weighted by atomic mass is 32.2. The summed E-state index contributed by atoms with van der Waals surface area (Å²) in [5.74, 6) is -0.770. The number of anilines is 1. The molecule has 1 atom stereocenters. The lowest BCUT2D eigenvalue weighted by Gasteiger charge is -2.26. The monoisotopic (exact) mass is 367 g/mol. The molecule has 24 heavy (non-hydrogen) atoms. The van der Waals surface area contributed by atoms with Crippen molar-refractivity contribution in [3.05, 3.63) is 40.5 Å². The number of carbonyl (C=O) groups is 1. The molecular weight excluding hydrogens is 350 g/mol. The van der Waals surface area contributed by atoms with Gasteiger partial charge in [-0.05, 0) is 42.5 Å². The Morgan fingerprint density at radius 1 is 1.46 bits per heavy atom. The van der Waals surface area contributed by atoms with Crippen molar-refractivity contribution in [1.82, 2.24) is 9.71 Å². The number of hydrogen-bond donors (Lipinski definition) is 2. The molecule has 1 heterocycles. The number of rotatable bonds is 4. The Morgan fingerprint density at radius 3 is 3.00 bits per heavy atom. The van der Waals surface area contributed by atoms with Gasteiger partial charge >= 0.3 is 5.97 Å². The van der Waals surface area contributed by atoms with Crippen molar-refractivity contribution >= 4 is 33.0 Å². The Labute approximate surface area is 143 Å². The van der Waals surface area contributed by atoms with E-state index < -0.39 is 16.0 Å². The van der Waals surface area contributed by atoms with Crippen LogP contribution in [0.25, 0.3) is 0 Å². The fourth-order valence-corrected chi connectivity index (χ4v) is 5.25. The zero-order valence-electron chi connectivity index (χ0n) is 13.0. The fraction of sp³-hybridized carbons (Fsp3) is 0.333. The highest BCUT2D eigenvalue weighted by Gasteiger charge is 2.31. The van der Waals surface area contributed by atoms with Crippen LogP contribution in [-0.2, 0) is 21.2 Å². The maximum Gasteiger partial charge on any atom is 0.358 e. The summed E-state index contributed by atoms with van der Waals surface area (Å²) in [7, 11) is -2.69. The predicted octanol–water partition coefficient (Wildman–Crippen LogP) is 1.87. The van der Waals surface area contributed by atoms with Gasteiger partial charge in [0, 0.05) is 11.7 Å². The van der Waals surface area contributed by atoms with E-state index in [0.717, 1.165) is 35.3 Å². The Morgan fingerprint density at radius 2 is 2.25 bits per heavy atom. The molecule has 0 bridgehead atoms. The SMILES string of the molecule is COC(=O)c1ncsc1S(=O)(=O)NC1CCCc2cc(N)ccc21. The number of nitrogens with two attached hydrogens (primary N) is 1. The highest BCUT2D eigenvalue weighted by molar-refractivity contribution is 7.91. The van der Waals surface area contributed by atoms with Crippen LogP contribution in [0.1, 0.15) is 40.5 Å². The normalized spacial score (nSPS) is 17.3. The molecule has 1 aromatic carbocycles. The first-order valence-corrected chi connectivity index (χ1v) is 9.71. The summed E-state index contributed by atoms with van der Waals surface area (Å²) in [5, 5.41) is 0. The van der Waals surface area contributed by atoms with Crippen LogP contribution in [0.15, 0.2) is 27.9 Å². The number of carbonyl (C=O) groups excluding carboxylic acids is 1. The lowest BCUT2D eigenvalue weighted by Crippen LogP contribution is -2.31. The molecule has 7 nitrogen and oxygen atoms in total. The molecule has 3 rings (SSSR count). The summed E-state index contributed by atoms with van der Waals surface area (Å²) < 4.78 is 32.6. The number of aryl methyl sites for hydroxylation is 1. The van der Waals surface area contributed by atoms with Crippen molar-refractivity contribution in [2.75, 3.05) is 12.8 Å². The van der Waals surface area contributed by atoms with E-state index in [4.69, 9.17) is 5.73 Å². The molecule has 1 aliphatic rings. The van der Waals surface area contributed by atoms with E-state index in [-0.39, 0.29) is 15.9 Å². The summed E-state index contributed by atoms with van der Waals surface area (Å²) in [6, 6.07) is 5.14. The van der Waals surface area contributed by atoms with Crippen LogP contribution >= 0.6 is 11.3 Å². The van der Waals surface area contributed by atoms with Crippen molar-refractivity contribution in [3.63, 3.8) is 0 Å². The highest BCUT2D eigenvalue weighted by Crippen LogP contribution is 2.33. The number of nitrogens with one attached hydrogen (secondary N) is 1. The van der Waals surface area contributed by atoms with E-state index in [1.165, 1.54) is 12.6 Å². The molecule has 0 spiro atoms. The number of fused-ring (bicyclic) bond motifs is 1. The first-order valence-electron chi connectivity index (χ1n) is 7.35. The van der Waals surface area contributed by atoms with Crippen molar-refractivity contribution in [1.29, 1.82) is 0 Å². The molecular formula is C15H17N3O4S2. The van der Waals surface area contributed by atoms with Gasteiger partial charge in [-0.2, -0.15) is 0 Å². The number of methoxy groups -OCH3 is 1. The van der Waals surface area contributed by atoms with Crippen molar-refractivity contribution < 1.29 is 17.9 Å². The Hall–Kier alpha value is -1.97. The van der Waals surface area contributed by atoms with Crippen LogP contribution in [0.4, 0.5) is 5.69 Å². The molecule has 0 aliphatic heterocycles. The second kappa shape index (κ2) is 6.50. The lowest BCUT2D eigenvalue weighted by atomic mass is 9.88. The van der Waals surface area contributed by atoms with Crippen LogP contribution in [0.3, 0.4) is 0 Å². The van der Waals surface area contributed by atoms with Gasteiger partial charge in [-0.25, -0.2) is 22.9 Å². The molecule has 9 heteroatoms. The number of nitrogens with zero attached hydrogens (tertiary/aromatic N) is 1. The molecule has 0 amide bonds. The molecule has 1 aromatic heterocycles. The minimum atomic E-state index is -3.88. The zero-order chi connectivity index (χ0) is 17.3. The number of nitrogen functional groups attached to an aromatic ring is 1. The quantitative estimate of drug-likeness (QED) is 0.630. The maximum absolute atomic E-state index is 12.7. The average Bonchev–Trinajstić information content (AvgIpc) is 3.04. The molecule has 128 valence electrons. The van der Waals surface area contributed by atoms with E-state index in [1.54, 1.807) is 6.07 Å². The third-order valence-electron chi connectivity index (χ3n) is 3.94. The third kappa shape index (κ3) is 3.14. The number of sulfonamides is 1. The van der Waals surface area contributed by atoms with Gasteiger partial charge in [0.05, 0.1) is 12.6 Å². The van der Waals surface area contributed by atoms with Crippen LogP contribution in [0, 0.1) is 0 Å². The molecule has 3 N–H and O–H groups in total. The van der Waals surface area contributed by atoms with Gasteiger partial charge < -0.3 is 10.5 Å². The number of benzene rings is 1. The molecule has 1 unspecified atom stereocenters. The molecule has 0 saturated heterocycles. The van der Waals surface area contributed by atoms with E-state index >= 15 is 0 Å². The molecule has 0 fully saturated rings. The van der Waals surface area contributed by atoms with E-state index in [1.807, 2.05) is 12.1 Å². The second-order valence-electron chi connectivity index (χ2n) is 5.50. The van der Waals surface area contributed by atoms with Crippen molar-refractivity contribution in [3.8, 4) is 0 Å². The van der Waals surface area contributed by atoms with Gasteiger partial charge in [0.15, 0.2) is 9.90 Å². The molecule has 0 saturated carbocycles. The summed E-state index contributed by atoms with van der Waals surface area (Å²) in [6.07, 6.45) is 2.41. The van der Waals surface area contributed by atoms with Crippen LogP contribution < -0.4 is 10.5 Å². The Kier molecular flexibility index (Phi) is 4.57. The standard InChI is InChI=1S/C15H17N3O4S2/c1-22-14(19)13-15(23-8-17-13)24(20,21)18-12-4-2-3-9-7-10(16)5-6-11(9)12/h5-8,12,18H,2-4,16H2,1H3. The van der Waals surface area contributed by atoms with E-state index in [2.05, 4.69) is 14.4 Å². The van der Waals surface area contributed by atoms with Gasteiger partial charge in [0.2, 0.25) is 0 Å².